The molecule has 1 amide bonds. The van der Waals surface area contributed by atoms with Crippen LogP contribution in [-0.4, -0.2) is 49.1 Å². The molecule has 24 heavy (non-hydrogen) atoms. The third kappa shape index (κ3) is 5.06. The molecule has 1 aromatic carbocycles. The monoisotopic (exact) mass is 327 g/mol. The van der Waals surface area contributed by atoms with Gasteiger partial charge in [0.1, 0.15) is 5.56 Å². The zero-order valence-corrected chi connectivity index (χ0v) is 14.5. The van der Waals surface area contributed by atoms with E-state index in [4.69, 9.17) is 4.74 Å². The minimum atomic E-state index is -0.161. The first kappa shape index (κ1) is 17.9. The summed E-state index contributed by atoms with van der Waals surface area (Å²) in [5.74, 6) is 0.216. The topological polar surface area (TPSA) is 54.5 Å². The Morgan fingerprint density at radius 2 is 1.96 bits per heavy atom. The number of ether oxygens (including phenoxy) is 1. The molecule has 1 atom stereocenters. The molecule has 1 heterocycles. The van der Waals surface area contributed by atoms with Crippen molar-refractivity contribution in [3.05, 3.63) is 59.8 Å². The average Bonchev–Trinajstić information content (AvgIpc) is 2.59. The summed E-state index contributed by atoms with van der Waals surface area (Å²) >= 11 is 0. The molecule has 1 N–H and O–H groups in total. The van der Waals surface area contributed by atoms with Gasteiger partial charge in [-0.2, -0.15) is 0 Å². The largest absolute Gasteiger partial charge is 0.477 e. The molecule has 2 rings (SSSR count). The van der Waals surface area contributed by atoms with Crippen LogP contribution in [0.2, 0.25) is 0 Å². The van der Waals surface area contributed by atoms with Gasteiger partial charge >= 0.3 is 0 Å². The van der Waals surface area contributed by atoms with E-state index in [0.29, 0.717) is 24.6 Å². The number of nitrogens with one attached hydrogen (secondary N) is 1. The van der Waals surface area contributed by atoms with Crippen LogP contribution in [0.15, 0.2) is 48.7 Å². The van der Waals surface area contributed by atoms with Crippen LogP contribution in [0.25, 0.3) is 0 Å². The van der Waals surface area contributed by atoms with Crippen molar-refractivity contribution in [2.75, 3.05) is 27.2 Å². The van der Waals surface area contributed by atoms with Crippen LogP contribution in [0.3, 0.4) is 0 Å². The molecule has 0 bridgehead atoms. The maximum absolute atomic E-state index is 12.5. The van der Waals surface area contributed by atoms with Gasteiger partial charge in [-0.15, -0.1) is 0 Å². The Morgan fingerprint density at radius 3 is 2.62 bits per heavy atom. The van der Waals surface area contributed by atoms with Crippen LogP contribution < -0.4 is 10.1 Å². The highest BCUT2D eigenvalue weighted by molar-refractivity contribution is 5.96. The quantitative estimate of drug-likeness (QED) is 0.809. The second-order valence-electron chi connectivity index (χ2n) is 5.81. The molecule has 0 radical (unpaired) electrons. The van der Waals surface area contributed by atoms with Gasteiger partial charge in [-0.3, -0.25) is 4.79 Å². The molecule has 5 nitrogen and oxygen atoms in total. The highest BCUT2D eigenvalue weighted by Crippen LogP contribution is 2.14. The van der Waals surface area contributed by atoms with Crippen molar-refractivity contribution in [2.24, 2.45) is 0 Å². The maximum atomic E-state index is 12.5. The molecule has 0 saturated heterocycles. The van der Waals surface area contributed by atoms with Crippen LogP contribution >= 0.6 is 0 Å². The first-order chi connectivity index (χ1) is 11.6. The third-order valence-electron chi connectivity index (χ3n) is 3.84. The van der Waals surface area contributed by atoms with E-state index in [-0.39, 0.29) is 11.9 Å². The van der Waals surface area contributed by atoms with Crippen molar-refractivity contribution >= 4 is 5.91 Å². The second kappa shape index (κ2) is 9.03. The summed E-state index contributed by atoms with van der Waals surface area (Å²) in [4.78, 5) is 18.7. The Labute approximate surface area is 143 Å². The van der Waals surface area contributed by atoms with Crippen molar-refractivity contribution < 1.29 is 9.53 Å². The van der Waals surface area contributed by atoms with Gasteiger partial charge in [-0.25, -0.2) is 4.98 Å². The lowest BCUT2D eigenvalue weighted by molar-refractivity contribution is 0.0937. The minimum Gasteiger partial charge on any atom is -0.477 e. The number of amides is 1. The van der Waals surface area contributed by atoms with E-state index in [1.54, 1.807) is 18.3 Å². The number of pyridine rings is 1. The van der Waals surface area contributed by atoms with E-state index in [0.717, 1.165) is 6.42 Å². The molecule has 0 aliphatic carbocycles. The van der Waals surface area contributed by atoms with Crippen LogP contribution in [0, 0.1) is 0 Å². The number of likely N-dealkylation sites (N-methyl/N-ethyl adjacent to an activating group) is 1. The molecule has 0 spiro atoms. The average molecular weight is 327 g/mol. The van der Waals surface area contributed by atoms with Gasteiger partial charge in [0.2, 0.25) is 5.88 Å². The van der Waals surface area contributed by atoms with Crippen molar-refractivity contribution in [1.29, 1.82) is 0 Å². The smallest absolute Gasteiger partial charge is 0.256 e. The summed E-state index contributed by atoms with van der Waals surface area (Å²) in [6.07, 6.45) is 2.50. The summed E-state index contributed by atoms with van der Waals surface area (Å²) in [6, 6.07) is 14.0. The van der Waals surface area contributed by atoms with Gasteiger partial charge in [-0.1, -0.05) is 30.3 Å². The number of benzene rings is 1. The number of hydrogen-bond acceptors (Lipinski definition) is 4. The lowest BCUT2D eigenvalue weighted by Crippen LogP contribution is -2.41. The number of aromatic nitrogens is 1. The van der Waals surface area contributed by atoms with Gasteiger partial charge in [-0.05, 0) is 45.1 Å². The number of carbonyl (C=O) groups excluding carboxylic acids is 1. The molecule has 0 aliphatic rings. The number of hydrogen-bond donors (Lipinski definition) is 1. The molecule has 5 heteroatoms. The number of carbonyl (C=O) groups is 1. The van der Waals surface area contributed by atoms with Gasteiger partial charge in [0.15, 0.2) is 0 Å². The third-order valence-corrected chi connectivity index (χ3v) is 3.84. The summed E-state index contributed by atoms with van der Waals surface area (Å²) in [6.45, 7) is 2.91. The molecule has 1 aromatic heterocycles. The fourth-order valence-electron chi connectivity index (χ4n) is 2.44. The van der Waals surface area contributed by atoms with Crippen molar-refractivity contribution in [3.63, 3.8) is 0 Å². The Bertz CT molecular complexity index is 644. The van der Waals surface area contributed by atoms with E-state index < -0.39 is 0 Å². The fourth-order valence-corrected chi connectivity index (χ4v) is 2.44. The van der Waals surface area contributed by atoms with Crippen molar-refractivity contribution in [2.45, 2.75) is 19.4 Å². The fraction of sp³-hybridized carbons (Fsp3) is 0.368. The predicted molar refractivity (Wildman–Crippen MR) is 95.4 cm³/mol. The highest BCUT2D eigenvalue weighted by atomic mass is 16.5. The first-order valence-electron chi connectivity index (χ1n) is 8.18. The van der Waals surface area contributed by atoms with E-state index in [1.807, 2.05) is 39.2 Å². The SMILES string of the molecule is CCOc1ncccc1C(=O)NCC(Cc1ccccc1)N(C)C. The summed E-state index contributed by atoms with van der Waals surface area (Å²) in [5.41, 5.74) is 1.72. The Kier molecular flexibility index (Phi) is 6.75. The summed E-state index contributed by atoms with van der Waals surface area (Å²) in [5, 5.41) is 3.00. The number of nitrogens with zero attached hydrogens (tertiary/aromatic N) is 2. The molecule has 2 aromatic rings. The standard InChI is InChI=1S/C19H25N3O2/c1-4-24-19-17(11-8-12-20-19)18(23)21-14-16(22(2)3)13-15-9-6-5-7-10-15/h5-12,16H,4,13-14H2,1-3H3,(H,21,23). The van der Waals surface area contributed by atoms with Gasteiger partial charge < -0.3 is 15.0 Å². The Hall–Kier alpha value is -2.40. The first-order valence-corrected chi connectivity index (χ1v) is 8.18. The zero-order valence-electron chi connectivity index (χ0n) is 14.5. The molecule has 0 saturated carbocycles. The Balaban J connectivity index is 2.00. The van der Waals surface area contributed by atoms with Crippen LogP contribution in [0.4, 0.5) is 0 Å². The lowest BCUT2D eigenvalue weighted by atomic mass is 10.1. The van der Waals surface area contributed by atoms with E-state index >= 15 is 0 Å². The normalized spacial score (nSPS) is 12.0. The molecule has 0 fully saturated rings. The van der Waals surface area contributed by atoms with Crippen molar-refractivity contribution in [1.82, 2.24) is 15.2 Å². The van der Waals surface area contributed by atoms with E-state index in [2.05, 4.69) is 27.3 Å². The van der Waals surface area contributed by atoms with E-state index in [1.165, 1.54) is 5.56 Å². The molecule has 0 aliphatic heterocycles. The summed E-state index contributed by atoms with van der Waals surface area (Å²) < 4.78 is 5.43. The van der Waals surface area contributed by atoms with Gasteiger partial charge in [0.25, 0.3) is 5.91 Å². The lowest BCUT2D eigenvalue weighted by Gasteiger charge is -2.25. The zero-order chi connectivity index (χ0) is 17.4. The summed E-state index contributed by atoms with van der Waals surface area (Å²) in [7, 11) is 4.05. The number of rotatable bonds is 8. The second-order valence-corrected chi connectivity index (χ2v) is 5.81. The van der Waals surface area contributed by atoms with Crippen LogP contribution in [-0.2, 0) is 6.42 Å². The van der Waals surface area contributed by atoms with E-state index in [9.17, 15) is 4.79 Å². The molecular formula is C19H25N3O2. The van der Waals surface area contributed by atoms with Crippen LogP contribution in [0.1, 0.15) is 22.8 Å². The highest BCUT2D eigenvalue weighted by Gasteiger charge is 2.17. The molecule has 128 valence electrons. The van der Waals surface area contributed by atoms with Crippen molar-refractivity contribution in [3.8, 4) is 5.88 Å². The Morgan fingerprint density at radius 1 is 1.21 bits per heavy atom. The van der Waals surface area contributed by atoms with Crippen LogP contribution in [0.5, 0.6) is 5.88 Å². The van der Waals surface area contributed by atoms with Gasteiger partial charge in [0.05, 0.1) is 6.61 Å². The molecular weight excluding hydrogens is 302 g/mol. The predicted octanol–water partition coefficient (Wildman–Crippen LogP) is 2.38. The van der Waals surface area contributed by atoms with Gasteiger partial charge in [0, 0.05) is 18.8 Å². The minimum absolute atomic E-state index is 0.161. The maximum Gasteiger partial charge on any atom is 0.256 e. The molecule has 1 unspecified atom stereocenters.